The van der Waals surface area contributed by atoms with Gasteiger partial charge < -0.3 is 15.4 Å². The van der Waals surface area contributed by atoms with Gasteiger partial charge in [-0.3, -0.25) is 4.99 Å². The first-order valence-corrected chi connectivity index (χ1v) is 8.11. The summed E-state index contributed by atoms with van der Waals surface area (Å²) in [5, 5.41) is 0. The van der Waals surface area contributed by atoms with Crippen molar-refractivity contribution in [3.8, 4) is 0 Å². The van der Waals surface area contributed by atoms with Crippen molar-refractivity contribution in [3.05, 3.63) is 0 Å². The average molecular weight is 269 g/mol. The van der Waals surface area contributed by atoms with E-state index in [4.69, 9.17) is 10.5 Å². The van der Waals surface area contributed by atoms with Gasteiger partial charge in [0, 0.05) is 30.0 Å². The highest BCUT2D eigenvalue weighted by Gasteiger charge is 2.49. The number of rotatable bonds is 2. The number of thioether (sulfide) groups is 1. The number of hydrogen-bond acceptors (Lipinski definition) is 3. The van der Waals surface area contributed by atoms with E-state index in [0.29, 0.717) is 12.2 Å². The van der Waals surface area contributed by atoms with E-state index in [1.807, 2.05) is 11.8 Å². The van der Waals surface area contributed by atoms with Crippen molar-refractivity contribution < 1.29 is 4.74 Å². The minimum atomic E-state index is 0.220. The van der Waals surface area contributed by atoms with E-state index in [1.54, 1.807) is 0 Å². The van der Waals surface area contributed by atoms with Crippen molar-refractivity contribution in [1.82, 2.24) is 4.90 Å². The molecule has 2 N–H and O–H groups in total. The van der Waals surface area contributed by atoms with Crippen LogP contribution in [0.1, 0.15) is 26.2 Å². The monoisotopic (exact) mass is 269 g/mol. The van der Waals surface area contributed by atoms with Gasteiger partial charge in [-0.2, -0.15) is 11.8 Å². The maximum absolute atomic E-state index is 6.11. The predicted octanol–water partition coefficient (Wildman–Crippen LogP) is 1.31. The molecule has 0 spiro atoms. The summed E-state index contributed by atoms with van der Waals surface area (Å²) < 4.78 is 5.94. The molecule has 3 rings (SSSR count). The van der Waals surface area contributed by atoms with Crippen LogP contribution in [-0.4, -0.2) is 54.2 Å². The van der Waals surface area contributed by atoms with Crippen LogP contribution in [0, 0.1) is 5.41 Å². The second kappa shape index (κ2) is 4.93. The van der Waals surface area contributed by atoms with Crippen LogP contribution < -0.4 is 5.73 Å². The van der Waals surface area contributed by atoms with E-state index in [9.17, 15) is 0 Å². The molecule has 102 valence electrons. The Balaban J connectivity index is 1.59. The molecule has 0 aliphatic carbocycles. The maximum atomic E-state index is 6.11. The zero-order valence-corrected chi connectivity index (χ0v) is 11.9. The lowest BCUT2D eigenvalue weighted by Gasteiger charge is -2.31. The van der Waals surface area contributed by atoms with E-state index in [2.05, 4.69) is 16.8 Å². The molecule has 3 fully saturated rings. The Morgan fingerprint density at radius 3 is 2.83 bits per heavy atom. The van der Waals surface area contributed by atoms with Gasteiger partial charge >= 0.3 is 0 Å². The summed E-state index contributed by atoms with van der Waals surface area (Å²) in [5.41, 5.74) is 6.33. The number of fused-ring (bicyclic) bond motifs is 2. The van der Waals surface area contributed by atoms with E-state index in [0.717, 1.165) is 32.0 Å². The van der Waals surface area contributed by atoms with E-state index in [-0.39, 0.29) is 5.41 Å². The first-order chi connectivity index (χ1) is 8.67. The van der Waals surface area contributed by atoms with Gasteiger partial charge in [-0.1, -0.05) is 6.92 Å². The van der Waals surface area contributed by atoms with Gasteiger partial charge in [0.05, 0.1) is 18.8 Å². The smallest absolute Gasteiger partial charge is 0.191 e. The quantitative estimate of drug-likeness (QED) is 0.606. The third-order valence-corrected chi connectivity index (χ3v) is 5.46. The molecular weight excluding hydrogens is 246 g/mol. The summed E-state index contributed by atoms with van der Waals surface area (Å²) in [6, 6.07) is 0. The summed E-state index contributed by atoms with van der Waals surface area (Å²) in [7, 11) is 0. The summed E-state index contributed by atoms with van der Waals surface area (Å²) in [5.74, 6) is 3.07. The summed E-state index contributed by atoms with van der Waals surface area (Å²) >= 11 is 2.00. The second-order valence-corrected chi connectivity index (χ2v) is 7.18. The molecular formula is C13H23N3OS. The molecule has 4 nitrogen and oxygen atoms in total. The molecule has 0 aromatic rings. The van der Waals surface area contributed by atoms with Crippen LogP contribution in [0.5, 0.6) is 0 Å². The lowest BCUT2D eigenvalue weighted by molar-refractivity contribution is 0.0705. The van der Waals surface area contributed by atoms with Crippen LogP contribution >= 0.6 is 11.8 Å². The number of ether oxygens (including phenoxy) is 1. The van der Waals surface area contributed by atoms with Crippen LogP contribution in [0.4, 0.5) is 0 Å². The van der Waals surface area contributed by atoms with Crippen molar-refractivity contribution in [3.63, 3.8) is 0 Å². The Bertz CT molecular complexity index is 343. The number of nitrogens with zero attached hydrogens (tertiary/aromatic N) is 2. The Hall–Kier alpha value is -0.420. The molecule has 0 aromatic heterocycles. The van der Waals surface area contributed by atoms with Gasteiger partial charge in [0.25, 0.3) is 0 Å². The Morgan fingerprint density at radius 2 is 2.22 bits per heavy atom. The van der Waals surface area contributed by atoms with Gasteiger partial charge in [-0.15, -0.1) is 0 Å². The molecule has 0 amide bonds. The fourth-order valence-electron chi connectivity index (χ4n) is 3.34. The lowest BCUT2D eigenvalue weighted by atomic mass is 9.76. The van der Waals surface area contributed by atoms with Crippen molar-refractivity contribution in [2.45, 2.75) is 38.4 Å². The van der Waals surface area contributed by atoms with Crippen LogP contribution in [0.15, 0.2) is 4.99 Å². The Morgan fingerprint density at radius 1 is 1.44 bits per heavy atom. The van der Waals surface area contributed by atoms with Gasteiger partial charge in [-0.25, -0.2) is 0 Å². The molecule has 3 aliphatic rings. The predicted molar refractivity (Wildman–Crippen MR) is 76.0 cm³/mol. The third kappa shape index (κ3) is 2.35. The first-order valence-electron chi connectivity index (χ1n) is 6.95. The van der Waals surface area contributed by atoms with Crippen LogP contribution in [0.25, 0.3) is 0 Å². The number of aliphatic imine (C=N–C) groups is 1. The van der Waals surface area contributed by atoms with Crippen molar-refractivity contribution >= 4 is 17.7 Å². The fraction of sp³-hybridized carbons (Fsp3) is 0.923. The Kier molecular flexibility index (Phi) is 3.45. The fourth-order valence-corrected chi connectivity index (χ4v) is 4.24. The van der Waals surface area contributed by atoms with Gasteiger partial charge in [0.15, 0.2) is 5.96 Å². The standard InChI is InChI=1S/C13H23N3OS/c1-13(8-10-2-3-11(13)17-10)9-15-12(14)16-4-6-18-7-5-16/h10-11H,2-9H2,1H3,(H2,14,15). The number of nitrogens with two attached hydrogens (primary N) is 1. The van der Waals surface area contributed by atoms with Crippen molar-refractivity contribution in [1.29, 1.82) is 0 Å². The molecule has 18 heavy (non-hydrogen) atoms. The van der Waals surface area contributed by atoms with Gasteiger partial charge in [0.2, 0.25) is 0 Å². The topological polar surface area (TPSA) is 50.8 Å². The van der Waals surface area contributed by atoms with E-state index in [1.165, 1.54) is 24.3 Å². The summed E-state index contributed by atoms with van der Waals surface area (Å²) in [4.78, 5) is 6.87. The highest BCUT2D eigenvalue weighted by molar-refractivity contribution is 7.99. The molecule has 0 radical (unpaired) electrons. The normalized spacial score (nSPS) is 40.5. The zero-order chi connectivity index (χ0) is 12.6. The lowest BCUT2D eigenvalue weighted by Crippen LogP contribution is -2.43. The first kappa shape index (κ1) is 12.6. The summed E-state index contributed by atoms with van der Waals surface area (Å²) in [6.45, 7) is 5.21. The minimum Gasteiger partial charge on any atom is -0.374 e. The molecule has 3 saturated heterocycles. The SMILES string of the molecule is CC1(CN=C(N)N2CCSCC2)CC2CCC1O2. The van der Waals surface area contributed by atoms with Crippen LogP contribution in [-0.2, 0) is 4.74 Å². The van der Waals surface area contributed by atoms with Gasteiger partial charge in [-0.05, 0) is 19.3 Å². The maximum Gasteiger partial charge on any atom is 0.191 e. The highest BCUT2D eigenvalue weighted by Crippen LogP contribution is 2.47. The van der Waals surface area contributed by atoms with E-state index < -0.39 is 0 Å². The summed E-state index contributed by atoms with van der Waals surface area (Å²) in [6.07, 6.45) is 4.50. The molecule has 3 unspecified atom stereocenters. The largest absolute Gasteiger partial charge is 0.374 e. The molecule has 0 aromatic carbocycles. The van der Waals surface area contributed by atoms with Crippen molar-refractivity contribution in [2.75, 3.05) is 31.1 Å². The Labute approximate surface area is 113 Å². The minimum absolute atomic E-state index is 0.220. The van der Waals surface area contributed by atoms with Crippen molar-refractivity contribution in [2.24, 2.45) is 16.1 Å². The third-order valence-electron chi connectivity index (χ3n) is 4.52. The molecule has 3 atom stereocenters. The second-order valence-electron chi connectivity index (χ2n) is 5.96. The molecule has 3 aliphatic heterocycles. The highest BCUT2D eigenvalue weighted by atomic mass is 32.2. The van der Waals surface area contributed by atoms with Crippen LogP contribution in [0.2, 0.25) is 0 Å². The molecule has 0 saturated carbocycles. The number of hydrogen-bond donors (Lipinski definition) is 1. The molecule has 5 heteroatoms. The zero-order valence-electron chi connectivity index (χ0n) is 11.1. The van der Waals surface area contributed by atoms with Crippen LogP contribution in [0.3, 0.4) is 0 Å². The number of guanidine groups is 1. The van der Waals surface area contributed by atoms with Gasteiger partial charge in [0.1, 0.15) is 0 Å². The van der Waals surface area contributed by atoms with E-state index >= 15 is 0 Å². The molecule has 3 heterocycles. The molecule has 2 bridgehead atoms. The average Bonchev–Trinajstić information content (AvgIpc) is 2.97.